The summed E-state index contributed by atoms with van der Waals surface area (Å²) in [4.78, 5) is 11.3. The predicted molar refractivity (Wildman–Crippen MR) is 63.0 cm³/mol. The van der Waals surface area contributed by atoms with Crippen LogP contribution in [0.25, 0.3) is 0 Å². The first-order valence-electron chi connectivity index (χ1n) is 6.04. The molecule has 86 valence electrons. The fraction of sp³-hybridized carbons (Fsp3) is 0.667. The molecule has 4 nitrogen and oxygen atoms in total. The van der Waals surface area contributed by atoms with Gasteiger partial charge in [-0.1, -0.05) is 0 Å². The van der Waals surface area contributed by atoms with Crippen molar-refractivity contribution in [1.29, 1.82) is 0 Å². The number of hydrogen-bond donors (Lipinski definition) is 1. The molecule has 2 fully saturated rings. The summed E-state index contributed by atoms with van der Waals surface area (Å²) in [6, 6.07) is 3.22. The Balaban J connectivity index is 1.83. The molecule has 0 saturated carbocycles. The fourth-order valence-corrected chi connectivity index (χ4v) is 3.21. The second kappa shape index (κ2) is 3.70. The van der Waals surface area contributed by atoms with Crippen LogP contribution in [0.1, 0.15) is 37.4 Å². The van der Waals surface area contributed by atoms with Gasteiger partial charge in [-0.3, -0.25) is 0 Å². The molecule has 2 unspecified atom stereocenters. The molecule has 1 aromatic rings. The van der Waals surface area contributed by atoms with Gasteiger partial charge < -0.3 is 10.6 Å². The number of nitrogens with zero attached hydrogens (tertiary/aromatic N) is 3. The molecule has 1 aromatic heterocycles. The molecular formula is C12H18N4. The smallest absolute Gasteiger partial charge is 0.133 e. The van der Waals surface area contributed by atoms with Crippen LogP contribution in [-0.4, -0.2) is 34.0 Å². The third kappa shape index (κ3) is 1.57. The van der Waals surface area contributed by atoms with Crippen molar-refractivity contribution in [3.8, 4) is 0 Å². The molecule has 2 atom stereocenters. The monoisotopic (exact) mass is 218 g/mol. The quantitative estimate of drug-likeness (QED) is 0.774. The lowest BCUT2D eigenvalue weighted by molar-refractivity contribution is 0.159. The highest BCUT2D eigenvalue weighted by molar-refractivity contribution is 5.26. The van der Waals surface area contributed by atoms with Gasteiger partial charge in [0.05, 0.1) is 0 Å². The fourth-order valence-electron chi connectivity index (χ4n) is 3.21. The van der Waals surface area contributed by atoms with Crippen molar-refractivity contribution in [1.82, 2.24) is 14.9 Å². The number of fused-ring (bicyclic) bond motifs is 2. The SMILES string of the molecule is CN1C2CCC1CC(c1nccc(N)n1)C2. The lowest BCUT2D eigenvalue weighted by Gasteiger charge is -2.35. The number of rotatable bonds is 1. The second-order valence-corrected chi connectivity index (χ2v) is 5.06. The molecule has 3 heterocycles. The molecule has 4 heteroatoms. The number of aromatic nitrogens is 2. The highest BCUT2D eigenvalue weighted by atomic mass is 15.2. The van der Waals surface area contributed by atoms with Crippen LogP contribution in [0.4, 0.5) is 5.82 Å². The van der Waals surface area contributed by atoms with Gasteiger partial charge in [0.15, 0.2) is 0 Å². The minimum Gasteiger partial charge on any atom is -0.384 e. The van der Waals surface area contributed by atoms with Crippen LogP contribution < -0.4 is 5.73 Å². The van der Waals surface area contributed by atoms with Crippen LogP contribution >= 0.6 is 0 Å². The Morgan fingerprint density at radius 1 is 1.31 bits per heavy atom. The summed E-state index contributed by atoms with van der Waals surface area (Å²) in [5.41, 5.74) is 5.72. The normalized spacial score (nSPS) is 34.2. The lowest BCUT2D eigenvalue weighted by atomic mass is 9.90. The van der Waals surface area contributed by atoms with E-state index in [9.17, 15) is 0 Å². The zero-order valence-electron chi connectivity index (χ0n) is 9.63. The van der Waals surface area contributed by atoms with Crippen LogP contribution in [0.5, 0.6) is 0 Å². The number of hydrogen-bond acceptors (Lipinski definition) is 4. The molecule has 2 bridgehead atoms. The average Bonchev–Trinajstić information content (AvgIpc) is 2.53. The summed E-state index contributed by atoms with van der Waals surface area (Å²) in [5, 5.41) is 0. The van der Waals surface area contributed by atoms with Gasteiger partial charge in [-0.2, -0.15) is 0 Å². The van der Waals surface area contributed by atoms with Gasteiger partial charge in [0.1, 0.15) is 11.6 Å². The number of nitrogens with two attached hydrogens (primary N) is 1. The summed E-state index contributed by atoms with van der Waals surface area (Å²) in [6.07, 6.45) is 6.82. The minimum absolute atomic E-state index is 0.511. The van der Waals surface area contributed by atoms with Gasteiger partial charge in [-0.05, 0) is 38.8 Å². The van der Waals surface area contributed by atoms with E-state index in [1.54, 1.807) is 12.3 Å². The van der Waals surface area contributed by atoms with E-state index >= 15 is 0 Å². The van der Waals surface area contributed by atoms with E-state index in [1.807, 2.05) is 0 Å². The highest BCUT2D eigenvalue weighted by Gasteiger charge is 2.39. The third-order valence-electron chi connectivity index (χ3n) is 4.16. The standard InChI is InChI=1S/C12H18N4/c1-16-9-2-3-10(16)7-8(6-9)12-14-5-4-11(13)15-12/h4-5,8-10H,2-3,6-7H2,1H3,(H2,13,14,15). The maximum Gasteiger partial charge on any atom is 0.133 e. The Bertz CT molecular complexity index is 378. The Morgan fingerprint density at radius 2 is 2.00 bits per heavy atom. The van der Waals surface area contributed by atoms with Gasteiger partial charge in [-0.25, -0.2) is 9.97 Å². The first kappa shape index (κ1) is 10.0. The Morgan fingerprint density at radius 3 is 2.62 bits per heavy atom. The molecule has 2 aliphatic heterocycles. The van der Waals surface area contributed by atoms with E-state index in [4.69, 9.17) is 5.73 Å². The van der Waals surface area contributed by atoms with E-state index in [2.05, 4.69) is 21.9 Å². The summed E-state index contributed by atoms with van der Waals surface area (Å²) >= 11 is 0. The number of piperidine rings is 1. The van der Waals surface area contributed by atoms with E-state index in [0.29, 0.717) is 11.7 Å². The molecular weight excluding hydrogens is 200 g/mol. The molecule has 2 N–H and O–H groups in total. The van der Waals surface area contributed by atoms with Gasteiger partial charge in [0.25, 0.3) is 0 Å². The van der Waals surface area contributed by atoms with Crippen LogP contribution in [0.15, 0.2) is 12.3 Å². The summed E-state index contributed by atoms with van der Waals surface area (Å²) < 4.78 is 0. The van der Waals surface area contributed by atoms with E-state index < -0.39 is 0 Å². The van der Waals surface area contributed by atoms with Crippen LogP contribution in [0.2, 0.25) is 0 Å². The minimum atomic E-state index is 0.511. The Hall–Kier alpha value is -1.16. The van der Waals surface area contributed by atoms with E-state index in [-0.39, 0.29) is 0 Å². The summed E-state index contributed by atoms with van der Waals surface area (Å²) in [6.45, 7) is 0. The summed E-state index contributed by atoms with van der Waals surface area (Å²) in [5.74, 6) is 2.05. The van der Waals surface area contributed by atoms with Crippen LogP contribution in [0.3, 0.4) is 0 Å². The first-order valence-corrected chi connectivity index (χ1v) is 6.04. The third-order valence-corrected chi connectivity index (χ3v) is 4.16. The van der Waals surface area contributed by atoms with Crippen molar-refractivity contribution in [2.24, 2.45) is 0 Å². The molecule has 0 radical (unpaired) electrons. The zero-order chi connectivity index (χ0) is 11.1. The predicted octanol–water partition coefficient (Wildman–Crippen LogP) is 1.40. The Labute approximate surface area is 95.9 Å². The van der Waals surface area contributed by atoms with Crippen molar-refractivity contribution in [3.63, 3.8) is 0 Å². The van der Waals surface area contributed by atoms with Gasteiger partial charge >= 0.3 is 0 Å². The van der Waals surface area contributed by atoms with Crippen molar-refractivity contribution < 1.29 is 0 Å². The molecule has 2 aliphatic rings. The number of nitrogen functional groups attached to an aromatic ring is 1. The van der Waals surface area contributed by atoms with Gasteiger partial charge in [0.2, 0.25) is 0 Å². The maximum absolute atomic E-state index is 5.72. The van der Waals surface area contributed by atoms with Crippen molar-refractivity contribution >= 4 is 5.82 Å². The molecule has 0 aromatic carbocycles. The largest absolute Gasteiger partial charge is 0.384 e. The average molecular weight is 218 g/mol. The number of anilines is 1. The van der Waals surface area contributed by atoms with Gasteiger partial charge in [-0.15, -0.1) is 0 Å². The molecule has 0 amide bonds. The van der Waals surface area contributed by atoms with Crippen LogP contribution in [0, 0.1) is 0 Å². The molecule has 16 heavy (non-hydrogen) atoms. The summed E-state index contributed by atoms with van der Waals surface area (Å²) in [7, 11) is 2.25. The van der Waals surface area contributed by atoms with Gasteiger partial charge in [0, 0.05) is 24.2 Å². The topological polar surface area (TPSA) is 55.0 Å². The molecule has 3 rings (SSSR count). The Kier molecular flexibility index (Phi) is 2.32. The molecule has 0 aliphatic carbocycles. The lowest BCUT2D eigenvalue weighted by Crippen LogP contribution is -2.39. The molecule has 2 saturated heterocycles. The molecule has 0 spiro atoms. The van der Waals surface area contributed by atoms with E-state index in [1.165, 1.54) is 25.7 Å². The maximum atomic E-state index is 5.72. The zero-order valence-corrected chi connectivity index (χ0v) is 9.63. The van der Waals surface area contributed by atoms with Crippen LogP contribution in [-0.2, 0) is 0 Å². The highest BCUT2D eigenvalue weighted by Crippen LogP contribution is 2.40. The van der Waals surface area contributed by atoms with E-state index in [0.717, 1.165) is 17.9 Å². The van der Waals surface area contributed by atoms with Crippen molar-refractivity contribution in [2.75, 3.05) is 12.8 Å². The second-order valence-electron chi connectivity index (χ2n) is 5.06. The van der Waals surface area contributed by atoms with Crippen molar-refractivity contribution in [2.45, 2.75) is 43.7 Å². The van der Waals surface area contributed by atoms with Crippen molar-refractivity contribution in [3.05, 3.63) is 18.1 Å². The first-order chi connectivity index (χ1) is 7.74.